The molecule has 0 unspecified atom stereocenters. The molecule has 1 aromatic carbocycles. The molecule has 0 heterocycles. The molecule has 0 spiro atoms. The largest absolute Gasteiger partial charge is 0.381 e. The van der Waals surface area contributed by atoms with E-state index in [0.717, 1.165) is 37.1 Å². The third-order valence-electron chi connectivity index (χ3n) is 2.55. The molecule has 19 heavy (non-hydrogen) atoms. The Balaban J connectivity index is 2.35. The number of nitro groups is 1. The molecule has 0 aliphatic heterocycles. The van der Waals surface area contributed by atoms with Crippen LogP contribution in [0.25, 0.3) is 0 Å². The highest BCUT2D eigenvalue weighted by Crippen LogP contribution is 2.23. The monoisotopic (exact) mass is 330 g/mol. The normalized spacial score (nSPS) is 10.6. The van der Waals surface area contributed by atoms with Crippen molar-refractivity contribution in [2.45, 2.75) is 26.3 Å². The maximum absolute atomic E-state index is 10.9. The smallest absolute Gasteiger partial charge is 0.275 e. The molecule has 0 radical (unpaired) electrons. The number of ether oxygens (including phenoxy) is 1. The number of hydrogen-bond acceptors (Lipinski definition) is 4. The average molecular weight is 331 g/mol. The van der Waals surface area contributed by atoms with Gasteiger partial charge in [-0.25, -0.2) is 0 Å². The zero-order valence-corrected chi connectivity index (χ0v) is 12.6. The Morgan fingerprint density at radius 2 is 2.21 bits per heavy atom. The van der Waals surface area contributed by atoms with Crippen molar-refractivity contribution in [2.75, 3.05) is 19.8 Å². The molecule has 5 nitrogen and oxygen atoms in total. The number of halogens is 1. The SMILES string of the molecule is CCCOCCCNCc1ccc(Br)cc1[N+](=O)[O-]. The standard InChI is InChI=1S/C13H19BrN2O3/c1-2-7-19-8-3-6-15-10-11-4-5-12(14)9-13(11)16(17)18/h4-5,9,15H,2-3,6-8,10H2,1H3. The van der Waals surface area contributed by atoms with Crippen LogP contribution in [0.5, 0.6) is 0 Å². The van der Waals surface area contributed by atoms with E-state index < -0.39 is 0 Å². The molecule has 0 saturated heterocycles. The minimum atomic E-state index is -0.355. The van der Waals surface area contributed by atoms with E-state index in [1.165, 1.54) is 6.07 Å². The van der Waals surface area contributed by atoms with Crippen LogP contribution in [-0.4, -0.2) is 24.7 Å². The third kappa shape index (κ3) is 6.13. The molecule has 1 N–H and O–H groups in total. The molecule has 0 aromatic heterocycles. The van der Waals surface area contributed by atoms with Gasteiger partial charge in [0, 0.05) is 35.9 Å². The number of nitrogens with one attached hydrogen (secondary N) is 1. The van der Waals surface area contributed by atoms with Crippen molar-refractivity contribution in [1.82, 2.24) is 5.32 Å². The van der Waals surface area contributed by atoms with E-state index in [-0.39, 0.29) is 10.6 Å². The van der Waals surface area contributed by atoms with Crippen LogP contribution in [0.15, 0.2) is 22.7 Å². The highest BCUT2D eigenvalue weighted by atomic mass is 79.9. The summed E-state index contributed by atoms with van der Waals surface area (Å²) in [6.45, 7) is 4.88. The Morgan fingerprint density at radius 3 is 2.89 bits per heavy atom. The summed E-state index contributed by atoms with van der Waals surface area (Å²) in [6, 6.07) is 5.11. The first kappa shape index (κ1) is 16.1. The van der Waals surface area contributed by atoms with Crippen molar-refractivity contribution >= 4 is 21.6 Å². The fourth-order valence-electron chi connectivity index (χ4n) is 1.63. The molecule has 0 saturated carbocycles. The molecular formula is C13H19BrN2O3. The summed E-state index contributed by atoms with van der Waals surface area (Å²) in [7, 11) is 0. The van der Waals surface area contributed by atoms with Crippen LogP contribution in [0.1, 0.15) is 25.3 Å². The summed E-state index contributed by atoms with van der Waals surface area (Å²) in [5, 5.41) is 14.1. The van der Waals surface area contributed by atoms with Crippen molar-refractivity contribution in [3.63, 3.8) is 0 Å². The summed E-state index contributed by atoms with van der Waals surface area (Å²) in [5.41, 5.74) is 0.840. The molecule has 0 aliphatic carbocycles. The van der Waals surface area contributed by atoms with Crippen LogP contribution in [0.4, 0.5) is 5.69 Å². The minimum Gasteiger partial charge on any atom is -0.381 e. The van der Waals surface area contributed by atoms with Gasteiger partial charge in [-0.1, -0.05) is 22.9 Å². The minimum absolute atomic E-state index is 0.143. The predicted octanol–water partition coefficient (Wildman–Crippen LogP) is 3.26. The van der Waals surface area contributed by atoms with Crippen molar-refractivity contribution in [3.8, 4) is 0 Å². The van der Waals surface area contributed by atoms with Crippen LogP contribution in [0, 0.1) is 10.1 Å². The quantitative estimate of drug-likeness (QED) is 0.428. The van der Waals surface area contributed by atoms with E-state index >= 15 is 0 Å². The van der Waals surface area contributed by atoms with Crippen LogP contribution in [0.3, 0.4) is 0 Å². The number of rotatable bonds is 9. The van der Waals surface area contributed by atoms with Crippen molar-refractivity contribution in [1.29, 1.82) is 0 Å². The predicted molar refractivity (Wildman–Crippen MR) is 78.2 cm³/mol. The first-order chi connectivity index (χ1) is 9.15. The Labute approximate surface area is 121 Å². The molecule has 1 aromatic rings. The molecule has 0 bridgehead atoms. The number of benzene rings is 1. The lowest BCUT2D eigenvalue weighted by Crippen LogP contribution is -2.17. The molecule has 6 heteroatoms. The van der Waals surface area contributed by atoms with Gasteiger partial charge in [-0.3, -0.25) is 10.1 Å². The van der Waals surface area contributed by atoms with E-state index in [1.807, 2.05) is 6.07 Å². The first-order valence-corrected chi connectivity index (χ1v) is 7.15. The van der Waals surface area contributed by atoms with Gasteiger partial charge in [0.25, 0.3) is 5.69 Å². The van der Waals surface area contributed by atoms with Crippen molar-refractivity contribution < 1.29 is 9.66 Å². The van der Waals surface area contributed by atoms with E-state index in [9.17, 15) is 10.1 Å². The molecule has 1 rings (SSSR count). The number of nitrogens with zero attached hydrogens (tertiary/aromatic N) is 1. The van der Waals surface area contributed by atoms with Gasteiger partial charge >= 0.3 is 0 Å². The van der Waals surface area contributed by atoms with E-state index in [0.29, 0.717) is 12.1 Å². The van der Waals surface area contributed by atoms with Gasteiger partial charge in [0.2, 0.25) is 0 Å². The third-order valence-corrected chi connectivity index (χ3v) is 3.04. The van der Waals surface area contributed by atoms with Gasteiger partial charge in [0.05, 0.1) is 4.92 Å². The Morgan fingerprint density at radius 1 is 1.42 bits per heavy atom. The first-order valence-electron chi connectivity index (χ1n) is 6.36. The fraction of sp³-hybridized carbons (Fsp3) is 0.538. The second-order valence-corrected chi connectivity index (χ2v) is 5.09. The Kier molecular flexibility index (Phi) is 7.62. The van der Waals surface area contributed by atoms with Gasteiger partial charge < -0.3 is 10.1 Å². The molecule has 0 atom stereocenters. The fourth-order valence-corrected chi connectivity index (χ4v) is 1.97. The molecular weight excluding hydrogens is 312 g/mol. The van der Waals surface area contributed by atoms with Crippen molar-refractivity contribution in [3.05, 3.63) is 38.3 Å². The Bertz CT molecular complexity index is 413. The van der Waals surface area contributed by atoms with Gasteiger partial charge in [0.1, 0.15) is 0 Å². The second-order valence-electron chi connectivity index (χ2n) is 4.17. The molecule has 0 aliphatic rings. The number of hydrogen-bond donors (Lipinski definition) is 1. The summed E-state index contributed by atoms with van der Waals surface area (Å²) in [4.78, 5) is 10.6. The van der Waals surface area contributed by atoms with Gasteiger partial charge in [0.15, 0.2) is 0 Å². The summed E-state index contributed by atoms with van der Waals surface area (Å²) < 4.78 is 6.08. The molecule has 106 valence electrons. The highest BCUT2D eigenvalue weighted by Gasteiger charge is 2.13. The maximum atomic E-state index is 10.9. The van der Waals surface area contributed by atoms with E-state index in [2.05, 4.69) is 28.2 Å². The highest BCUT2D eigenvalue weighted by molar-refractivity contribution is 9.10. The maximum Gasteiger partial charge on any atom is 0.275 e. The van der Waals surface area contributed by atoms with Crippen LogP contribution >= 0.6 is 15.9 Å². The lowest BCUT2D eigenvalue weighted by molar-refractivity contribution is -0.385. The zero-order valence-electron chi connectivity index (χ0n) is 11.0. The average Bonchev–Trinajstić information content (AvgIpc) is 2.39. The summed E-state index contributed by atoms with van der Waals surface area (Å²) in [6.07, 6.45) is 1.93. The van der Waals surface area contributed by atoms with E-state index in [1.54, 1.807) is 6.07 Å². The summed E-state index contributed by atoms with van der Waals surface area (Å²) >= 11 is 3.24. The molecule has 0 amide bonds. The Hall–Kier alpha value is -0.980. The second kappa shape index (κ2) is 9.01. The molecule has 0 fully saturated rings. The van der Waals surface area contributed by atoms with E-state index in [4.69, 9.17) is 4.74 Å². The zero-order chi connectivity index (χ0) is 14.1. The van der Waals surface area contributed by atoms with Gasteiger partial charge in [-0.15, -0.1) is 0 Å². The van der Waals surface area contributed by atoms with Crippen LogP contribution < -0.4 is 5.32 Å². The lowest BCUT2D eigenvalue weighted by atomic mass is 10.2. The van der Waals surface area contributed by atoms with Crippen molar-refractivity contribution in [2.24, 2.45) is 0 Å². The van der Waals surface area contributed by atoms with Gasteiger partial charge in [-0.2, -0.15) is 0 Å². The summed E-state index contributed by atoms with van der Waals surface area (Å²) in [5.74, 6) is 0. The van der Waals surface area contributed by atoms with Gasteiger partial charge in [-0.05, 0) is 31.5 Å². The topological polar surface area (TPSA) is 64.4 Å². The van der Waals surface area contributed by atoms with Crippen LogP contribution in [0.2, 0.25) is 0 Å². The van der Waals surface area contributed by atoms with Crippen LogP contribution in [-0.2, 0) is 11.3 Å². The number of nitro benzene ring substituents is 1. The lowest BCUT2D eigenvalue weighted by Gasteiger charge is -2.06.